The zero-order chi connectivity index (χ0) is 25.0. The lowest BCUT2D eigenvalue weighted by atomic mass is 9.94. The molecule has 0 N–H and O–H groups in total. The van der Waals surface area contributed by atoms with Crippen LogP contribution in [0.5, 0.6) is 0 Å². The van der Waals surface area contributed by atoms with Crippen LogP contribution in [0.2, 0.25) is 5.02 Å². The highest BCUT2D eigenvalue weighted by Crippen LogP contribution is 2.35. The highest BCUT2D eigenvalue weighted by Gasteiger charge is 2.14. The highest BCUT2D eigenvalue weighted by molar-refractivity contribution is 6.30. The van der Waals surface area contributed by atoms with Crippen LogP contribution in [-0.4, -0.2) is 9.97 Å². The van der Waals surface area contributed by atoms with Crippen LogP contribution in [0.3, 0.4) is 0 Å². The molecule has 0 radical (unpaired) electrons. The number of hydrogen-bond donors (Lipinski definition) is 0. The van der Waals surface area contributed by atoms with Gasteiger partial charge in [0, 0.05) is 21.7 Å². The molecule has 0 saturated heterocycles. The standard InChI is InChI=1S/C34H23ClN2/c35-29-21-19-25(20-22-29)31-14-8-7-13-30(31)24-15-17-26(18-16-24)32-23-36-33(27-9-3-1-4-10-27)34(37-32)28-11-5-2-6-12-28/h1-23H. The molecule has 6 aromatic rings. The van der Waals surface area contributed by atoms with Gasteiger partial charge in [0.1, 0.15) is 0 Å². The summed E-state index contributed by atoms with van der Waals surface area (Å²) >= 11 is 6.12. The Labute approximate surface area is 221 Å². The van der Waals surface area contributed by atoms with E-state index in [9.17, 15) is 0 Å². The first kappa shape index (κ1) is 22.9. The van der Waals surface area contributed by atoms with Gasteiger partial charge in [-0.2, -0.15) is 0 Å². The van der Waals surface area contributed by atoms with E-state index in [1.807, 2.05) is 54.7 Å². The molecule has 5 aromatic carbocycles. The van der Waals surface area contributed by atoms with E-state index in [-0.39, 0.29) is 0 Å². The number of nitrogens with zero attached hydrogens (tertiary/aromatic N) is 2. The number of benzene rings is 5. The molecule has 176 valence electrons. The molecule has 1 heterocycles. The minimum Gasteiger partial charge on any atom is -0.252 e. The van der Waals surface area contributed by atoms with Gasteiger partial charge in [0.05, 0.1) is 23.3 Å². The number of rotatable bonds is 5. The smallest absolute Gasteiger partial charge is 0.0972 e. The molecular formula is C34H23ClN2. The third kappa shape index (κ3) is 4.80. The summed E-state index contributed by atoms with van der Waals surface area (Å²) in [6, 6.07) is 45.4. The van der Waals surface area contributed by atoms with E-state index in [0.29, 0.717) is 0 Å². The maximum Gasteiger partial charge on any atom is 0.0972 e. The molecule has 0 aliphatic carbocycles. The number of hydrogen-bond acceptors (Lipinski definition) is 2. The van der Waals surface area contributed by atoms with E-state index >= 15 is 0 Å². The Morgan fingerprint density at radius 1 is 0.405 bits per heavy atom. The molecule has 0 spiro atoms. The van der Waals surface area contributed by atoms with E-state index in [0.717, 1.165) is 49.9 Å². The minimum atomic E-state index is 0.736. The lowest BCUT2D eigenvalue weighted by molar-refractivity contribution is 1.21. The van der Waals surface area contributed by atoms with E-state index in [2.05, 4.69) is 84.9 Å². The molecule has 1 aromatic heterocycles. The Morgan fingerprint density at radius 3 is 1.43 bits per heavy atom. The fourth-order valence-corrected chi connectivity index (χ4v) is 4.70. The molecule has 0 saturated carbocycles. The molecule has 0 bridgehead atoms. The Hall–Kier alpha value is -4.53. The largest absolute Gasteiger partial charge is 0.252 e. The van der Waals surface area contributed by atoms with Crippen LogP contribution in [-0.2, 0) is 0 Å². The van der Waals surface area contributed by atoms with E-state index in [1.165, 1.54) is 11.1 Å². The Morgan fingerprint density at radius 2 is 0.865 bits per heavy atom. The lowest BCUT2D eigenvalue weighted by Crippen LogP contribution is -1.96. The summed E-state index contributed by atoms with van der Waals surface area (Å²) in [7, 11) is 0. The Bertz CT molecular complexity index is 1640. The molecule has 0 aliphatic rings. The predicted molar refractivity (Wildman–Crippen MR) is 154 cm³/mol. The van der Waals surface area contributed by atoms with Crippen LogP contribution < -0.4 is 0 Å². The first-order valence-electron chi connectivity index (χ1n) is 12.2. The normalized spacial score (nSPS) is 10.8. The van der Waals surface area contributed by atoms with Crippen LogP contribution in [0.25, 0.3) is 56.0 Å². The van der Waals surface area contributed by atoms with Crippen molar-refractivity contribution in [2.75, 3.05) is 0 Å². The minimum absolute atomic E-state index is 0.736. The second-order valence-electron chi connectivity index (χ2n) is 8.81. The van der Waals surface area contributed by atoms with Gasteiger partial charge in [-0.3, -0.25) is 4.98 Å². The monoisotopic (exact) mass is 494 g/mol. The van der Waals surface area contributed by atoms with Gasteiger partial charge < -0.3 is 0 Å². The van der Waals surface area contributed by atoms with Crippen molar-refractivity contribution in [2.24, 2.45) is 0 Å². The SMILES string of the molecule is Clc1ccc(-c2ccccc2-c2ccc(-c3cnc(-c4ccccc4)c(-c4ccccc4)n3)cc2)cc1. The third-order valence-corrected chi connectivity index (χ3v) is 6.69. The van der Waals surface area contributed by atoms with Gasteiger partial charge in [-0.1, -0.05) is 133 Å². The Balaban J connectivity index is 1.39. The molecule has 37 heavy (non-hydrogen) atoms. The van der Waals surface area contributed by atoms with Crippen molar-refractivity contribution < 1.29 is 0 Å². The molecule has 0 atom stereocenters. The molecule has 3 heteroatoms. The molecule has 6 rings (SSSR count). The van der Waals surface area contributed by atoms with Gasteiger partial charge in [0.2, 0.25) is 0 Å². The summed E-state index contributed by atoms with van der Waals surface area (Å²) in [6.45, 7) is 0. The van der Waals surface area contributed by atoms with E-state index in [1.54, 1.807) is 0 Å². The number of halogens is 1. The van der Waals surface area contributed by atoms with Crippen LogP contribution in [0, 0.1) is 0 Å². The molecular weight excluding hydrogens is 472 g/mol. The highest BCUT2D eigenvalue weighted by atomic mass is 35.5. The average molecular weight is 495 g/mol. The van der Waals surface area contributed by atoms with Crippen LogP contribution in [0.4, 0.5) is 0 Å². The molecule has 0 aliphatic heterocycles. The Kier molecular flexibility index (Phi) is 6.33. The van der Waals surface area contributed by atoms with Gasteiger partial charge >= 0.3 is 0 Å². The maximum absolute atomic E-state index is 6.12. The quantitative estimate of drug-likeness (QED) is 0.238. The first-order chi connectivity index (χ1) is 18.3. The van der Waals surface area contributed by atoms with Crippen molar-refractivity contribution in [1.29, 1.82) is 0 Å². The summed E-state index contributed by atoms with van der Waals surface area (Å²) in [5.74, 6) is 0. The second-order valence-corrected chi connectivity index (χ2v) is 9.25. The van der Waals surface area contributed by atoms with Crippen LogP contribution >= 0.6 is 11.6 Å². The lowest BCUT2D eigenvalue weighted by Gasteiger charge is -2.13. The fraction of sp³-hybridized carbons (Fsp3) is 0. The van der Waals surface area contributed by atoms with Crippen LogP contribution in [0.1, 0.15) is 0 Å². The topological polar surface area (TPSA) is 25.8 Å². The third-order valence-electron chi connectivity index (χ3n) is 6.44. The van der Waals surface area contributed by atoms with Gasteiger partial charge in [-0.05, 0) is 34.4 Å². The average Bonchev–Trinajstić information content (AvgIpc) is 2.98. The molecule has 0 amide bonds. The molecule has 2 nitrogen and oxygen atoms in total. The first-order valence-corrected chi connectivity index (χ1v) is 12.6. The van der Waals surface area contributed by atoms with Crippen LogP contribution in [0.15, 0.2) is 140 Å². The summed E-state index contributed by atoms with van der Waals surface area (Å²) in [4.78, 5) is 9.96. The maximum atomic E-state index is 6.12. The predicted octanol–water partition coefficient (Wildman–Crippen LogP) is 9.46. The second kappa shape index (κ2) is 10.2. The molecule has 0 unspecified atom stereocenters. The van der Waals surface area contributed by atoms with Crippen molar-refractivity contribution >= 4 is 11.6 Å². The molecule has 0 fully saturated rings. The van der Waals surface area contributed by atoms with Crippen molar-refractivity contribution in [1.82, 2.24) is 9.97 Å². The van der Waals surface area contributed by atoms with Gasteiger partial charge in [-0.25, -0.2) is 4.98 Å². The van der Waals surface area contributed by atoms with E-state index in [4.69, 9.17) is 21.6 Å². The van der Waals surface area contributed by atoms with Gasteiger partial charge in [-0.15, -0.1) is 0 Å². The van der Waals surface area contributed by atoms with Crippen molar-refractivity contribution in [3.8, 4) is 56.0 Å². The zero-order valence-corrected chi connectivity index (χ0v) is 20.8. The fourth-order valence-electron chi connectivity index (χ4n) is 4.57. The van der Waals surface area contributed by atoms with Crippen molar-refractivity contribution in [3.05, 3.63) is 145 Å². The van der Waals surface area contributed by atoms with Crippen molar-refractivity contribution in [3.63, 3.8) is 0 Å². The zero-order valence-electron chi connectivity index (χ0n) is 20.1. The summed E-state index contributed by atoms with van der Waals surface area (Å²) in [5, 5.41) is 0.736. The van der Waals surface area contributed by atoms with Gasteiger partial charge in [0.15, 0.2) is 0 Å². The summed E-state index contributed by atoms with van der Waals surface area (Å²) in [5.41, 5.74) is 10.3. The van der Waals surface area contributed by atoms with Crippen molar-refractivity contribution in [2.45, 2.75) is 0 Å². The number of aromatic nitrogens is 2. The van der Waals surface area contributed by atoms with E-state index < -0.39 is 0 Å². The summed E-state index contributed by atoms with van der Waals surface area (Å²) in [6.07, 6.45) is 1.87. The summed E-state index contributed by atoms with van der Waals surface area (Å²) < 4.78 is 0. The van der Waals surface area contributed by atoms with Gasteiger partial charge in [0.25, 0.3) is 0 Å².